The van der Waals surface area contributed by atoms with Gasteiger partial charge in [-0.25, -0.2) is 4.79 Å². The molecule has 2 heterocycles. The fraction of sp³-hybridized carbons (Fsp3) is 0.100. The van der Waals surface area contributed by atoms with Crippen molar-refractivity contribution in [3.8, 4) is 16.8 Å². The van der Waals surface area contributed by atoms with Crippen molar-refractivity contribution < 1.29 is 14.3 Å². The number of amides is 2. The van der Waals surface area contributed by atoms with Crippen LogP contribution in [0.2, 0.25) is 5.02 Å². The van der Waals surface area contributed by atoms with E-state index >= 15 is 0 Å². The third-order valence-corrected chi connectivity index (χ3v) is 6.51. The van der Waals surface area contributed by atoms with Crippen LogP contribution in [0.5, 0.6) is 0 Å². The van der Waals surface area contributed by atoms with Gasteiger partial charge in [-0.05, 0) is 70.4 Å². The second kappa shape index (κ2) is 13.3. The lowest BCUT2D eigenvalue weighted by atomic mass is 10.00. The van der Waals surface area contributed by atoms with E-state index in [2.05, 4.69) is 41.1 Å². The van der Waals surface area contributed by atoms with Crippen molar-refractivity contribution in [3.63, 3.8) is 0 Å². The van der Waals surface area contributed by atoms with Crippen molar-refractivity contribution in [2.24, 2.45) is 0 Å². The number of anilines is 1. The molecule has 2 N–H and O–H groups in total. The third kappa shape index (κ3) is 7.20. The molecular formula is C30H25ClN8O3. The molecule has 1 atom stereocenters. The quantitative estimate of drug-likeness (QED) is 0.231. The number of carbonyl (C=O) groups excluding carboxylic acids is 2. The first-order valence-electron chi connectivity index (χ1n) is 12.8. The third-order valence-electron chi connectivity index (χ3n) is 6.28. The van der Waals surface area contributed by atoms with Gasteiger partial charge in [0.15, 0.2) is 0 Å². The predicted octanol–water partition coefficient (Wildman–Crippen LogP) is 5.06. The summed E-state index contributed by atoms with van der Waals surface area (Å²) in [6.45, 7) is 0. The first-order valence-corrected chi connectivity index (χ1v) is 13.2. The van der Waals surface area contributed by atoms with E-state index in [1.807, 2.05) is 48.5 Å². The first kappa shape index (κ1) is 28.1. The van der Waals surface area contributed by atoms with Crippen molar-refractivity contribution >= 4 is 35.4 Å². The van der Waals surface area contributed by atoms with Gasteiger partial charge in [0.25, 0.3) is 0 Å². The number of hydrogen-bond donors (Lipinski definition) is 2. The van der Waals surface area contributed by atoms with Gasteiger partial charge in [-0.3, -0.25) is 10.1 Å². The van der Waals surface area contributed by atoms with E-state index in [1.54, 1.807) is 42.6 Å². The number of aromatic nitrogens is 6. The lowest BCUT2D eigenvalue weighted by Crippen LogP contribution is -2.29. The normalized spacial score (nSPS) is 11.7. The van der Waals surface area contributed by atoms with Crippen LogP contribution in [0, 0.1) is 0 Å². The summed E-state index contributed by atoms with van der Waals surface area (Å²) < 4.78 is 6.13. The van der Waals surface area contributed by atoms with E-state index in [0.29, 0.717) is 34.1 Å². The van der Waals surface area contributed by atoms with E-state index in [0.717, 1.165) is 16.7 Å². The van der Waals surface area contributed by atoms with Crippen LogP contribution in [0.3, 0.4) is 0 Å². The summed E-state index contributed by atoms with van der Waals surface area (Å²) in [6.07, 6.45) is 6.14. The minimum atomic E-state index is -0.550. The molecule has 0 fully saturated rings. The van der Waals surface area contributed by atoms with Crippen LogP contribution < -0.4 is 10.6 Å². The van der Waals surface area contributed by atoms with Crippen LogP contribution in [0.1, 0.15) is 22.9 Å². The first-order chi connectivity index (χ1) is 20.5. The second-order valence-corrected chi connectivity index (χ2v) is 9.54. The van der Waals surface area contributed by atoms with Gasteiger partial charge >= 0.3 is 6.09 Å². The zero-order valence-electron chi connectivity index (χ0n) is 22.4. The van der Waals surface area contributed by atoms with Crippen molar-refractivity contribution in [2.75, 3.05) is 12.4 Å². The van der Waals surface area contributed by atoms with Gasteiger partial charge in [-0.1, -0.05) is 54.1 Å². The molecular weight excluding hydrogens is 556 g/mol. The molecule has 0 saturated heterocycles. The van der Waals surface area contributed by atoms with Crippen molar-refractivity contribution in [2.45, 2.75) is 12.5 Å². The van der Waals surface area contributed by atoms with E-state index in [1.165, 1.54) is 24.2 Å². The number of carbonyl (C=O) groups is 2. The Morgan fingerprint density at radius 2 is 1.81 bits per heavy atom. The van der Waals surface area contributed by atoms with Crippen LogP contribution >= 0.6 is 11.6 Å². The zero-order valence-corrected chi connectivity index (χ0v) is 23.1. The Hall–Kier alpha value is -5.42. The number of methoxy groups -OCH3 is 1. The fourth-order valence-corrected chi connectivity index (χ4v) is 4.41. The molecule has 0 spiro atoms. The Kier molecular flexibility index (Phi) is 8.90. The van der Waals surface area contributed by atoms with Gasteiger partial charge < -0.3 is 10.1 Å². The summed E-state index contributed by atoms with van der Waals surface area (Å²) in [7, 11) is 1.31. The lowest BCUT2D eigenvalue weighted by molar-refractivity contribution is -0.117. The minimum Gasteiger partial charge on any atom is -0.453 e. The van der Waals surface area contributed by atoms with E-state index in [4.69, 9.17) is 11.6 Å². The number of nitrogens with one attached hydrogen (secondary N) is 2. The summed E-state index contributed by atoms with van der Waals surface area (Å²) in [5.41, 5.74) is 5.20. The molecule has 2 aromatic heterocycles. The molecule has 2 amide bonds. The predicted molar refractivity (Wildman–Crippen MR) is 158 cm³/mol. The lowest BCUT2D eigenvalue weighted by Gasteiger charge is -2.18. The van der Waals surface area contributed by atoms with Crippen molar-refractivity contribution in [1.82, 2.24) is 35.7 Å². The highest BCUT2D eigenvalue weighted by molar-refractivity contribution is 6.30. The maximum absolute atomic E-state index is 13.2. The summed E-state index contributed by atoms with van der Waals surface area (Å²) in [5, 5.41) is 26.1. The summed E-state index contributed by atoms with van der Waals surface area (Å²) in [4.78, 5) is 24.7. The van der Waals surface area contributed by atoms with Gasteiger partial charge in [-0.15, -0.1) is 5.10 Å². The summed E-state index contributed by atoms with van der Waals surface area (Å²) >= 11 is 6.22. The Morgan fingerprint density at radius 1 is 1.00 bits per heavy atom. The van der Waals surface area contributed by atoms with Gasteiger partial charge in [0, 0.05) is 27.9 Å². The number of halogens is 1. The monoisotopic (exact) mass is 580 g/mol. The molecule has 0 radical (unpaired) electrons. The van der Waals surface area contributed by atoms with Gasteiger partial charge in [0.05, 0.1) is 30.7 Å². The van der Waals surface area contributed by atoms with Crippen LogP contribution in [0.4, 0.5) is 10.5 Å². The number of hydrogen-bond acceptors (Lipinski definition) is 8. The van der Waals surface area contributed by atoms with Gasteiger partial charge in [-0.2, -0.15) is 14.9 Å². The molecule has 0 aliphatic rings. The smallest absolute Gasteiger partial charge is 0.411 e. The maximum Gasteiger partial charge on any atom is 0.411 e. The molecule has 42 heavy (non-hydrogen) atoms. The molecule has 5 aromatic rings. The molecule has 0 unspecified atom stereocenters. The molecule has 0 aliphatic heterocycles. The maximum atomic E-state index is 13.2. The molecule has 3 aromatic carbocycles. The van der Waals surface area contributed by atoms with E-state index in [-0.39, 0.29) is 5.91 Å². The minimum absolute atomic E-state index is 0.330. The Labute approximate surface area is 246 Å². The number of tetrazole rings is 1. The highest BCUT2D eigenvalue weighted by Crippen LogP contribution is 2.25. The number of rotatable bonds is 9. The van der Waals surface area contributed by atoms with Crippen molar-refractivity contribution in [1.29, 1.82) is 0 Å². The van der Waals surface area contributed by atoms with E-state index in [9.17, 15) is 9.59 Å². The zero-order chi connectivity index (χ0) is 29.3. The largest absolute Gasteiger partial charge is 0.453 e. The average Bonchev–Trinajstić information content (AvgIpc) is 3.56. The Balaban J connectivity index is 1.39. The van der Waals surface area contributed by atoms with Crippen LogP contribution in [-0.2, 0) is 16.0 Å². The van der Waals surface area contributed by atoms with E-state index < -0.39 is 12.1 Å². The van der Waals surface area contributed by atoms with Crippen LogP contribution in [0.15, 0.2) is 97.5 Å². The topological polar surface area (TPSA) is 137 Å². The van der Waals surface area contributed by atoms with Gasteiger partial charge in [0.1, 0.15) is 6.33 Å². The number of benzene rings is 3. The molecule has 11 nitrogen and oxygen atoms in total. The highest BCUT2D eigenvalue weighted by atomic mass is 35.5. The number of nitrogens with zero attached hydrogens (tertiary/aromatic N) is 6. The second-order valence-electron chi connectivity index (χ2n) is 9.10. The van der Waals surface area contributed by atoms with Gasteiger partial charge in [0.2, 0.25) is 5.91 Å². The average molecular weight is 581 g/mol. The number of ether oxygens (including phenoxy) is 1. The van der Waals surface area contributed by atoms with Crippen LogP contribution in [-0.4, -0.2) is 49.5 Å². The van der Waals surface area contributed by atoms with Crippen molar-refractivity contribution in [3.05, 3.63) is 119 Å². The highest BCUT2D eigenvalue weighted by Gasteiger charge is 2.18. The SMILES string of the molecule is COC(=O)Nc1ccc(-c2cnnc([C@H](Cc3ccccc3)NC(=O)C=Cc3cc(Cl)ccc3-n3cnnn3)c2)cc1. The summed E-state index contributed by atoms with van der Waals surface area (Å²) in [6, 6.07) is 23.7. The summed E-state index contributed by atoms with van der Waals surface area (Å²) in [5.74, 6) is -0.330. The molecule has 5 rings (SSSR count). The van der Waals surface area contributed by atoms with Crippen LogP contribution in [0.25, 0.3) is 22.9 Å². The molecule has 0 bridgehead atoms. The molecule has 210 valence electrons. The molecule has 0 saturated carbocycles. The Bertz CT molecular complexity index is 1690. The molecule has 0 aliphatic carbocycles. The Morgan fingerprint density at radius 3 is 2.55 bits per heavy atom. The standard InChI is InChI=1S/C30H25ClN8O3/c1-42-30(41)34-25-11-7-21(8-12-25)23-17-27(36-32-18-23)26(15-20-5-3-2-4-6-20)35-29(40)14-9-22-16-24(31)10-13-28(22)39-19-33-37-38-39/h2-14,16-19,26H,15H2,1H3,(H,34,41)(H,35,40)/t26-/m0/s1. The fourth-order valence-electron chi connectivity index (χ4n) is 4.23. The molecule has 12 heteroatoms.